The second-order valence-electron chi connectivity index (χ2n) is 3.57. The number of allylic oxidation sites excluding steroid dienone is 4. The number of hydrogen-bond donors (Lipinski definition) is 2. The van der Waals surface area contributed by atoms with Crippen LogP contribution in [-0.4, -0.2) is 16.6 Å². The van der Waals surface area contributed by atoms with E-state index in [0.717, 1.165) is 0 Å². The molecule has 0 spiro atoms. The molecule has 1 aliphatic carbocycles. The first-order chi connectivity index (χ1) is 8.77. The maximum absolute atomic E-state index is 11.3. The Hall–Kier alpha value is -2.13. The number of phenolic OH excluding ortho intramolecular Hbond substituents is 1. The number of rotatable bonds is 3. The molecule has 0 saturated heterocycles. The summed E-state index contributed by atoms with van der Waals surface area (Å²) < 4.78 is 0. The zero-order valence-corrected chi connectivity index (χ0v) is 10.9. The fourth-order valence-electron chi connectivity index (χ4n) is 1.40. The second-order valence-corrected chi connectivity index (χ2v) is 3.57. The van der Waals surface area contributed by atoms with Crippen molar-refractivity contribution >= 4 is 17.2 Å². The Bertz CT molecular complexity index is 575. The Morgan fingerprint density at radius 2 is 1.89 bits per heavy atom. The number of hydrogen-bond acceptors (Lipinski definition) is 4. The number of nitrogens with zero attached hydrogens (tertiary/aromatic N) is 1. The molecule has 0 aromatic heterocycles. The number of carbonyl (C=O) groups is 1. The van der Waals surface area contributed by atoms with Gasteiger partial charge in [-0.05, 0) is 24.3 Å². The van der Waals surface area contributed by atoms with Gasteiger partial charge in [-0.3, -0.25) is 9.79 Å². The summed E-state index contributed by atoms with van der Waals surface area (Å²) in [6.45, 7) is 0. The van der Waals surface area contributed by atoms with E-state index in [1.54, 1.807) is 48.7 Å². The number of aliphatic imine (C=N–C) groups is 1. The Balaban J connectivity index is 0.00000180. The Kier molecular flexibility index (Phi) is 5.77. The molecule has 0 amide bonds. The molecule has 0 atom stereocenters. The van der Waals surface area contributed by atoms with Crippen molar-refractivity contribution in [2.45, 2.75) is 0 Å². The van der Waals surface area contributed by atoms with Crippen molar-refractivity contribution in [2.75, 3.05) is 5.32 Å². The van der Waals surface area contributed by atoms with Crippen molar-refractivity contribution in [3.63, 3.8) is 0 Å². The van der Waals surface area contributed by atoms with Gasteiger partial charge in [0.1, 0.15) is 11.5 Å². The minimum absolute atomic E-state index is 0. The van der Waals surface area contributed by atoms with Crippen LogP contribution in [0.15, 0.2) is 66.0 Å². The van der Waals surface area contributed by atoms with E-state index >= 15 is 0 Å². The first kappa shape index (κ1) is 14.9. The van der Waals surface area contributed by atoms with Gasteiger partial charge in [0.05, 0.1) is 5.69 Å². The normalized spacial score (nSPS) is 15.8. The van der Waals surface area contributed by atoms with Gasteiger partial charge in [-0.2, -0.15) is 0 Å². The molecular weight excluding hydrogens is 287 g/mol. The molecule has 0 heterocycles. The quantitative estimate of drug-likeness (QED) is 0.512. The first-order valence-electron chi connectivity index (χ1n) is 5.44. The number of anilines is 1. The second kappa shape index (κ2) is 7.34. The Morgan fingerprint density at radius 1 is 1.16 bits per heavy atom. The molecule has 0 radical (unpaired) electrons. The summed E-state index contributed by atoms with van der Waals surface area (Å²) in [7, 11) is 0. The van der Waals surface area contributed by atoms with E-state index in [1.165, 1.54) is 12.3 Å². The van der Waals surface area contributed by atoms with Gasteiger partial charge < -0.3 is 10.4 Å². The third-order valence-corrected chi connectivity index (χ3v) is 2.30. The minimum Gasteiger partial charge on any atom is -0.506 e. The number of para-hydroxylation sites is 2. The van der Waals surface area contributed by atoms with Crippen LogP contribution in [0.2, 0.25) is 0 Å². The van der Waals surface area contributed by atoms with Crippen LogP contribution in [-0.2, 0) is 21.3 Å². The van der Waals surface area contributed by atoms with Crippen LogP contribution in [0.5, 0.6) is 5.75 Å². The molecule has 1 aliphatic rings. The molecule has 0 aliphatic heterocycles. The predicted octanol–water partition coefficient (Wildman–Crippen LogP) is 2.41. The van der Waals surface area contributed by atoms with Crippen LogP contribution in [0.1, 0.15) is 0 Å². The molecule has 0 unspecified atom stereocenters. The smallest absolute Gasteiger partial charge is 0.204 e. The maximum atomic E-state index is 11.3. The summed E-state index contributed by atoms with van der Waals surface area (Å²) in [5.74, 6) is 0.0380. The van der Waals surface area contributed by atoms with E-state index in [4.69, 9.17) is 0 Å². The molecule has 2 rings (SSSR count). The molecule has 0 fully saturated rings. The van der Waals surface area contributed by atoms with E-state index in [0.29, 0.717) is 11.4 Å². The maximum Gasteiger partial charge on any atom is 0.204 e. The molecule has 4 nitrogen and oxygen atoms in total. The van der Waals surface area contributed by atoms with E-state index in [1.807, 2.05) is 0 Å². The third-order valence-electron chi connectivity index (χ3n) is 2.30. The van der Waals surface area contributed by atoms with Gasteiger partial charge in [0, 0.05) is 28.9 Å². The summed E-state index contributed by atoms with van der Waals surface area (Å²) in [5, 5.41) is 12.4. The number of benzene rings is 1. The number of nitrogens with one attached hydrogen (secondary N) is 1. The van der Waals surface area contributed by atoms with Crippen LogP contribution in [0, 0.1) is 0 Å². The van der Waals surface area contributed by atoms with E-state index < -0.39 is 0 Å². The fraction of sp³-hybridized carbons (Fsp3) is 0. The molecule has 1 aromatic rings. The molecule has 2 N–H and O–H groups in total. The number of aromatic hydroxyl groups is 1. The van der Waals surface area contributed by atoms with Gasteiger partial charge in [0.2, 0.25) is 5.78 Å². The van der Waals surface area contributed by atoms with Crippen molar-refractivity contribution in [3.05, 3.63) is 61.0 Å². The molecule has 1 aromatic carbocycles. The van der Waals surface area contributed by atoms with Crippen LogP contribution < -0.4 is 5.32 Å². The summed E-state index contributed by atoms with van der Waals surface area (Å²) >= 11 is 0. The van der Waals surface area contributed by atoms with Crippen LogP contribution >= 0.6 is 0 Å². The molecule has 100 valence electrons. The number of carbonyl (C=O) groups excluding carboxylic acids is 1. The molecule has 19 heavy (non-hydrogen) atoms. The van der Waals surface area contributed by atoms with Gasteiger partial charge in [0.25, 0.3) is 0 Å². The first-order valence-corrected chi connectivity index (χ1v) is 5.44. The SMILES string of the molecule is O=C1C=CC=CC1=NC=CNc1ccccc1O.[Ni]. The Labute approximate surface area is 121 Å². The van der Waals surface area contributed by atoms with Gasteiger partial charge >= 0.3 is 0 Å². The van der Waals surface area contributed by atoms with Crippen molar-refractivity contribution in [3.8, 4) is 5.75 Å². The summed E-state index contributed by atoms with van der Waals surface area (Å²) in [6.07, 6.45) is 9.57. The van der Waals surface area contributed by atoms with Crippen molar-refractivity contribution in [1.82, 2.24) is 0 Å². The topological polar surface area (TPSA) is 61.7 Å². The van der Waals surface area contributed by atoms with E-state index in [2.05, 4.69) is 10.3 Å². The summed E-state index contributed by atoms with van der Waals surface area (Å²) in [4.78, 5) is 15.4. The number of phenols is 1. The van der Waals surface area contributed by atoms with Gasteiger partial charge in [0.15, 0.2) is 0 Å². The monoisotopic (exact) mass is 298 g/mol. The van der Waals surface area contributed by atoms with E-state index in [9.17, 15) is 9.90 Å². The van der Waals surface area contributed by atoms with Crippen molar-refractivity contribution < 1.29 is 26.4 Å². The van der Waals surface area contributed by atoms with Crippen LogP contribution in [0.25, 0.3) is 0 Å². The van der Waals surface area contributed by atoms with Gasteiger partial charge in [-0.15, -0.1) is 0 Å². The average Bonchev–Trinajstić information content (AvgIpc) is 2.38. The summed E-state index contributed by atoms with van der Waals surface area (Å²) in [6, 6.07) is 6.86. The Morgan fingerprint density at radius 3 is 2.63 bits per heavy atom. The largest absolute Gasteiger partial charge is 0.506 e. The fourth-order valence-corrected chi connectivity index (χ4v) is 1.40. The van der Waals surface area contributed by atoms with Gasteiger partial charge in [-0.25, -0.2) is 0 Å². The van der Waals surface area contributed by atoms with Crippen molar-refractivity contribution in [1.29, 1.82) is 0 Å². The predicted molar refractivity (Wildman–Crippen MR) is 71.6 cm³/mol. The molecule has 5 heteroatoms. The van der Waals surface area contributed by atoms with Crippen molar-refractivity contribution in [2.24, 2.45) is 4.99 Å². The molecular formula is C14H12N2NiO2. The summed E-state index contributed by atoms with van der Waals surface area (Å²) in [5.41, 5.74) is 0.965. The molecule has 0 saturated carbocycles. The van der Waals surface area contributed by atoms with Crippen LogP contribution in [0.3, 0.4) is 0 Å². The average molecular weight is 299 g/mol. The minimum atomic E-state index is -0.121. The molecule has 0 bridgehead atoms. The van der Waals surface area contributed by atoms with Gasteiger partial charge in [-0.1, -0.05) is 24.3 Å². The zero-order chi connectivity index (χ0) is 12.8. The standard InChI is InChI=1S/C14H12N2O2.Ni/c17-13-7-3-1-5-11(13)15-9-10-16-12-6-2-4-8-14(12)18;/h1-10,15,17H;. The number of ketones is 1. The van der Waals surface area contributed by atoms with E-state index in [-0.39, 0.29) is 28.0 Å². The third kappa shape index (κ3) is 4.23. The zero-order valence-electron chi connectivity index (χ0n) is 9.89. The van der Waals surface area contributed by atoms with Crippen LogP contribution in [0.4, 0.5) is 5.69 Å².